The van der Waals surface area contributed by atoms with Crippen LogP contribution < -0.4 is 21.5 Å². The molecule has 16 heteroatoms. The van der Waals surface area contributed by atoms with Gasteiger partial charge in [-0.2, -0.15) is 14.7 Å². The van der Waals surface area contributed by atoms with Crippen LogP contribution in [0.15, 0.2) is 35.4 Å². The van der Waals surface area contributed by atoms with Crippen LogP contribution in [0.4, 0.5) is 17.5 Å². The van der Waals surface area contributed by atoms with Crippen LogP contribution in [0.3, 0.4) is 0 Å². The maximum atomic E-state index is 12.5. The molecule has 0 aliphatic carbocycles. The molecule has 0 saturated heterocycles. The van der Waals surface area contributed by atoms with Gasteiger partial charge in [0, 0.05) is 12.1 Å². The summed E-state index contributed by atoms with van der Waals surface area (Å²) in [6.45, 7) is 0.230. The molecule has 2 heterocycles. The van der Waals surface area contributed by atoms with E-state index in [-0.39, 0.29) is 51.9 Å². The molecule has 1 unspecified atom stereocenters. The Kier molecular flexibility index (Phi) is 8.85. The Morgan fingerprint density at radius 1 is 1.06 bits per heavy atom. The summed E-state index contributed by atoms with van der Waals surface area (Å²) in [4.78, 5) is 38.0. The van der Waals surface area contributed by atoms with Gasteiger partial charge in [-0.3, -0.25) is 9.59 Å². The molecule has 34 heavy (non-hydrogen) atoms. The van der Waals surface area contributed by atoms with Crippen LogP contribution in [0.25, 0.3) is 11.2 Å². The molecule has 1 aromatic carbocycles. The van der Waals surface area contributed by atoms with Crippen molar-refractivity contribution in [2.75, 3.05) is 16.8 Å². The molecule has 0 saturated carbocycles. The number of rotatable bonds is 10. The molecular weight excluding hydrogens is 481 g/mol. The molecule has 2 aromatic heterocycles. The van der Waals surface area contributed by atoms with Gasteiger partial charge < -0.3 is 27.0 Å². The van der Waals surface area contributed by atoms with Gasteiger partial charge in [0.2, 0.25) is 16.0 Å². The Balaban J connectivity index is 0.00000408. The van der Waals surface area contributed by atoms with Crippen LogP contribution in [0.2, 0.25) is 0 Å². The van der Waals surface area contributed by atoms with E-state index in [1.807, 2.05) is 4.72 Å². The van der Waals surface area contributed by atoms with Gasteiger partial charge in [-0.15, -0.1) is 0 Å². The van der Waals surface area contributed by atoms with Crippen molar-refractivity contribution in [1.82, 2.24) is 24.7 Å². The predicted octanol–water partition coefficient (Wildman–Crippen LogP) is -0.588. The standard InChI is InChI=1S/C18H20N8O6S.Mg/c19-15-14-16(25-18(20)24-15)22-8-10(23-14)7-21-9-1-3-11(4-2-9)33(31,32)26-12(17(29)30)5-6-13(27)28;/h1-4,8,12,21,26H,5-7H2,(H,27,28)(H,29,30)(H4,19,20,22,24,25);/q;+2. The summed E-state index contributed by atoms with van der Waals surface area (Å²) in [5.74, 6) is -2.62. The summed E-state index contributed by atoms with van der Waals surface area (Å²) < 4.78 is 26.9. The number of nitrogens with zero attached hydrogens (tertiary/aromatic N) is 4. The van der Waals surface area contributed by atoms with Gasteiger partial charge in [0.15, 0.2) is 17.0 Å². The van der Waals surface area contributed by atoms with Gasteiger partial charge in [-0.1, -0.05) is 0 Å². The number of hydrogen-bond donors (Lipinski definition) is 6. The van der Waals surface area contributed by atoms with Gasteiger partial charge in [0.1, 0.15) is 6.04 Å². The van der Waals surface area contributed by atoms with E-state index in [1.165, 1.54) is 30.5 Å². The molecule has 0 amide bonds. The largest absolute Gasteiger partial charge is 2.00 e. The summed E-state index contributed by atoms with van der Waals surface area (Å²) in [6.07, 6.45) is 0.594. The third-order valence-electron chi connectivity index (χ3n) is 4.38. The number of anilines is 3. The van der Waals surface area contributed by atoms with Crippen molar-refractivity contribution in [2.24, 2.45) is 0 Å². The second kappa shape index (κ2) is 11.2. The van der Waals surface area contributed by atoms with E-state index in [0.717, 1.165) is 0 Å². The normalized spacial score (nSPS) is 12.0. The number of aromatic nitrogens is 4. The molecule has 3 rings (SSSR count). The number of benzene rings is 1. The summed E-state index contributed by atoms with van der Waals surface area (Å²) in [7, 11) is -4.18. The zero-order valence-corrected chi connectivity index (χ0v) is 19.9. The monoisotopic (exact) mass is 500 g/mol. The van der Waals surface area contributed by atoms with Gasteiger partial charge >= 0.3 is 35.0 Å². The maximum absolute atomic E-state index is 12.5. The summed E-state index contributed by atoms with van der Waals surface area (Å²) >= 11 is 0. The first-order valence-corrected chi connectivity index (χ1v) is 10.9. The van der Waals surface area contributed by atoms with E-state index in [4.69, 9.17) is 21.7 Å². The number of nitrogen functional groups attached to an aromatic ring is 2. The first kappa shape index (κ1) is 26.9. The van der Waals surface area contributed by atoms with Crippen molar-refractivity contribution < 1.29 is 28.2 Å². The predicted molar refractivity (Wildman–Crippen MR) is 122 cm³/mol. The molecule has 0 radical (unpaired) electrons. The number of fused-ring (bicyclic) bond motifs is 1. The number of carboxylic acids is 2. The first-order valence-electron chi connectivity index (χ1n) is 9.40. The molecule has 14 nitrogen and oxygen atoms in total. The average molecular weight is 501 g/mol. The summed E-state index contributed by atoms with van der Waals surface area (Å²) in [6, 6.07) is 3.95. The molecule has 1 atom stereocenters. The Morgan fingerprint density at radius 2 is 1.74 bits per heavy atom. The molecule has 174 valence electrons. The fourth-order valence-corrected chi connectivity index (χ4v) is 3.99. The van der Waals surface area contributed by atoms with Crippen molar-refractivity contribution >= 4 is 73.6 Å². The molecule has 3 aromatic rings. The second-order valence-corrected chi connectivity index (χ2v) is 8.54. The second-order valence-electron chi connectivity index (χ2n) is 6.82. The third kappa shape index (κ3) is 6.83. The van der Waals surface area contributed by atoms with E-state index < -0.39 is 40.8 Å². The average Bonchev–Trinajstić information content (AvgIpc) is 2.75. The first-order chi connectivity index (χ1) is 15.5. The smallest absolute Gasteiger partial charge is 0.481 e. The van der Waals surface area contributed by atoms with Crippen LogP contribution in [0, 0.1) is 0 Å². The Labute approximate surface area is 209 Å². The van der Waals surface area contributed by atoms with Crippen LogP contribution in [0.5, 0.6) is 0 Å². The molecule has 8 N–H and O–H groups in total. The summed E-state index contributed by atoms with van der Waals surface area (Å²) in [5, 5.41) is 20.9. The van der Waals surface area contributed by atoms with E-state index in [2.05, 4.69) is 25.3 Å². The zero-order valence-electron chi connectivity index (χ0n) is 17.7. The van der Waals surface area contributed by atoms with Crippen LogP contribution in [-0.4, -0.2) is 79.6 Å². The van der Waals surface area contributed by atoms with Crippen molar-refractivity contribution in [2.45, 2.75) is 30.3 Å². The van der Waals surface area contributed by atoms with Crippen LogP contribution >= 0.6 is 0 Å². The Bertz CT molecular complexity index is 1310. The number of aliphatic carboxylic acids is 2. The van der Waals surface area contributed by atoms with Crippen molar-refractivity contribution in [1.29, 1.82) is 0 Å². The molecule has 0 aliphatic heterocycles. The van der Waals surface area contributed by atoms with Gasteiger partial charge in [0.05, 0.1) is 23.3 Å². The Hall–Kier alpha value is -3.34. The molecule has 0 aliphatic rings. The minimum atomic E-state index is -4.18. The Morgan fingerprint density at radius 3 is 2.35 bits per heavy atom. The zero-order chi connectivity index (χ0) is 24.2. The quantitative estimate of drug-likeness (QED) is 0.191. The number of nitrogens with one attached hydrogen (secondary N) is 2. The van der Waals surface area contributed by atoms with Crippen molar-refractivity contribution in [3.8, 4) is 0 Å². The van der Waals surface area contributed by atoms with Crippen molar-refractivity contribution in [3.05, 3.63) is 36.2 Å². The van der Waals surface area contributed by atoms with E-state index in [9.17, 15) is 18.0 Å². The topological polar surface area (TPSA) is 236 Å². The summed E-state index contributed by atoms with van der Waals surface area (Å²) in [5.41, 5.74) is 12.9. The minimum absolute atomic E-state index is 0. The molecular formula is C18H20MgN8O6S+2. The van der Waals surface area contributed by atoms with Gasteiger partial charge in [-0.05, 0) is 30.7 Å². The number of sulfonamides is 1. The van der Waals surface area contributed by atoms with E-state index >= 15 is 0 Å². The maximum Gasteiger partial charge on any atom is 2.00 e. The third-order valence-corrected chi connectivity index (χ3v) is 5.87. The molecule has 0 bridgehead atoms. The van der Waals surface area contributed by atoms with E-state index in [0.29, 0.717) is 16.9 Å². The number of hydrogen-bond acceptors (Lipinski definition) is 11. The fraction of sp³-hybridized carbons (Fsp3) is 0.222. The fourth-order valence-electron chi connectivity index (χ4n) is 2.77. The van der Waals surface area contributed by atoms with Gasteiger partial charge in [-0.25, -0.2) is 18.4 Å². The minimum Gasteiger partial charge on any atom is -0.481 e. The SMILES string of the molecule is Nc1nc(N)c2nc(CNc3ccc(S(=O)(=O)NC(CCC(=O)O)C(=O)O)cc3)cnc2n1.[Mg+2]. The number of carbonyl (C=O) groups is 2. The van der Waals surface area contributed by atoms with E-state index in [1.54, 1.807) is 0 Å². The number of carboxylic acid groups (broad SMARTS) is 2. The van der Waals surface area contributed by atoms with Crippen LogP contribution in [0.1, 0.15) is 18.5 Å². The van der Waals surface area contributed by atoms with Crippen LogP contribution in [-0.2, 0) is 26.2 Å². The molecule has 0 fully saturated rings. The number of nitrogens with two attached hydrogens (primary N) is 2. The van der Waals surface area contributed by atoms with Crippen molar-refractivity contribution in [3.63, 3.8) is 0 Å². The van der Waals surface area contributed by atoms with Gasteiger partial charge in [0.25, 0.3) is 0 Å². The molecule has 0 spiro atoms.